The highest BCUT2D eigenvalue weighted by Crippen LogP contribution is 2.17. The van der Waals surface area contributed by atoms with E-state index in [2.05, 4.69) is 98.9 Å². The monoisotopic (exact) mass is 1050 g/mol. The lowest BCUT2D eigenvalue weighted by Gasteiger charge is -2.26. The second-order valence-corrected chi connectivity index (χ2v) is 21.6. The van der Waals surface area contributed by atoms with E-state index in [1.165, 1.54) is 128 Å². The van der Waals surface area contributed by atoms with Crippen molar-refractivity contribution in [1.29, 1.82) is 0 Å². The normalized spacial score (nSPS) is 13.3. The Morgan fingerprint density at radius 2 is 0.760 bits per heavy atom. The van der Waals surface area contributed by atoms with Crippen LogP contribution in [0.15, 0.2) is 85.1 Å². The van der Waals surface area contributed by atoms with Crippen LogP contribution in [-0.2, 0) is 33.3 Å². The van der Waals surface area contributed by atoms with E-state index >= 15 is 0 Å². The van der Waals surface area contributed by atoms with Gasteiger partial charge in [-0.15, -0.1) is 0 Å². The number of likely N-dealkylation sites (N-methyl/N-ethyl adjacent to an activating group) is 1. The molecule has 0 amide bonds. The van der Waals surface area contributed by atoms with E-state index in [4.69, 9.17) is 18.9 Å². The minimum atomic E-state index is -1.63. The molecule has 0 rings (SSSR count). The Balaban J connectivity index is 4.27. The summed E-state index contributed by atoms with van der Waals surface area (Å²) in [7, 11) is 5.92. The van der Waals surface area contributed by atoms with Crippen LogP contribution >= 0.6 is 0 Å². The SMILES string of the molecule is CC/C=C\C/C=C\C/C=C\C/C=C\C/C=C\C/C=C\C/C=C\CCCCCCCC(=O)OC(COC(=O)CCCCCCCCCCCCCCCCCCCCCCCCC)COC(OCC[N+](C)(C)C)C(=O)[O-]. The van der Waals surface area contributed by atoms with Gasteiger partial charge in [-0.2, -0.15) is 0 Å². The Hall–Kier alpha value is -3.53. The molecular weight excluding hydrogens is 935 g/mol. The highest BCUT2D eigenvalue weighted by Gasteiger charge is 2.22. The number of quaternary nitrogens is 1. The van der Waals surface area contributed by atoms with Crippen LogP contribution in [0.1, 0.15) is 258 Å². The van der Waals surface area contributed by atoms with Crippen molar-refractivity contribution in [2.24, 2.45) is 0 Å². The van der Waals surface area contributed by atoms with Gasteiger partial charge in [0.25, 0.3) is 0 Å². The van der Waals surface area contributed by atoms with Crippen LogP contribution in [0.25, 0.3) is 0 Å². The minimum Gasteiger partial charge on any atom is -0.545 e. The summed E-state index contributed by atoms with van der Waals surface area (Å²) in [6.45, 7) is 4.63. The summed E-state index contributed by atoms with van der Waals surface area (Å²) in [4.78, 5) is 37.4. The molecule has 0 aromatic rings. The first-order valence-corrected chi connectivity index (χ1v) is 30.7. The number of carboxylic acids is 1. The number of rotatable bonds is 56. The third-order valence-electron chi connectivity index (χ3n) is 13.2. The molecule has 9 heteroatoms. The number of nitrogens with zero attached hydrogens (tertiary/aromatic N) is 1. The Kier molecular flexibility index (Phi) is 54.0. The molecule has 0 saturated carbocycles. The molecule has 0 bridgehead atoms. The van der Waals surface area contributed by atoms with Gasteiger partial charge >= 0.3 is 11.9 Å². The van der Waals surface area contributed by atoms with E-state index in [1.54, 1.807) is 0 Å². The number of unbranched alkanes of at least 4 members (excludes halogenated alkanes) is 27. The molecule has 0 fully saturated rings. The number of carbonyl (C=O) groups excluding carboxylic acids is 3. The predicted octanol–water partition coefficient (Wildman–Crippen LogP) is 17.0. The Labute approximate surface area is 461 Å². The lowest BCUT2D eigenvalue weighted by Crippen LogP contribution is -2.44. The molecule has 0 aliphatic rings. The molecule has 0 aromatic carbocycles. The van der Waals surface area contributed by atoms with Crippen molar-refractivity contribution >= 4 is 17.9 Å². The van der Waals surface area contributed by atoms with Crippen LogP contribution in [-0.4, -0.2) is 82.3 Å². The van der Waals surface area contributed by atoms with Gasteiger partial charge in [-0.25, -0.2) is 0 Å². The van der Waals surface area contributed by atoms with Crippen LogP contribution in [0.3, 0.4) is 0 Å². The quantitative estimate of drug-likeness (QED) is 0.0195. The molecule has 2 unspecified atom stereocenters. The van der Waals surface area contributed by atoms with Crippen molar-refractivity contribution in [3.8, 4) is 0 Å². The van der Waals surface area contributed by atoms with Crippen molar-refractivity contribution in [2.45, 2.75) is 270 Å². The summed E-state index contributed by atoms with van der Waals surface area (Å²) in [6, 6.07) is 0. The average Bonchev–Trinajstić information content (AvgIpc) is 3.38. The molecule has 432 valence electrons. The molecule has 0 saturated heterocycles. The van der Waals surface area contributed by atoms with Gasteiger partial charge in [0.05, 0.1) is 40.3 Å². The number of carboxylic acid groups (broad SMARTS) is 1. The summed E-state index contributed by atoms with van der Waals surface area (Å²) in [5.74, 6) is -2.31. The standard InChI is InChI=1S/C66H115NO8/c1-6-8-10-12-14-16-18-20-22-24-26-28-30-31-32-33-35-37-39-41-43-45-47-49-51-53-55-57-64(69)75-62(61-74-66(65(70)71)72-59-58-67(3,4)5)60-73-63(68)56-54-52-50-48-46-44-42-40-38-36-34-29-27-25-23-21-19-17-15-13-11-9-7-2/h8,10,14,16,20,22,26,28,31-32,35,37,41,43,62,66H,6-7,9,11-13,15,17-19,21,23-25,27,29-30,33-34,36,38-40,42,44-61H2,1-5H3/b10-8-,16-14-,22-20-,28-26-,32-31-,37-35-,43-41-. The Morgan fingerprint density at radius 3 is 1.13 bits per heavy atom. The summed E-state index contributed by atoms with van der Waals surface area (Å²) < 4.78 is 22.7. The fraction of sp³-hybridized carbons (Fsp3) is 0.742. The summed E-state index contributed by atoms with van der Waals surface area (Å²) in [5, 5.41) is 11.8. The first kappa shape index (κ1) is 71.5. The second kappa shape index (κ2) is 56.7. The van der Waals surface area contributed by atoms with Gasteiger partial charge < -0.3 is 33.3 Å². The van der Waals surface area contributed by atoms with Gasteiger partial charge in [0.15, 0.2) is 12.4 Å². The van der Waals surface area contributed by atoms with Gasteiger partial charge in [-0.05, 0) is 70.6 Å². The minimum absolute atomic E-state index is 0.141. The van der Waals surface area contributed by atoms with Crippen molar-refractivity contribution in [2.75, 3.05) is 47.5 Å². The molecule has 0 aromatic heterocycles. The van der Waals surface area contributed by atoms with Gasteiger partial charge in [0.2, 0.25) is 0 Å². The Bertz CT molecular complexity index is 1500. The number of aliphatic carboxylic acids is 1. The lowest BCUT2D eigenvalue weighted by atomic mass is 10.0. The van der Waals surface area contributed by atoms with E-state index in [0.29, 0.717) is 17.4 Å². The highest BCUT2D eigenvalue weighted by atomic mass is 16.7. The van der Waals surface area contributed by atoms with E-state index in [-0.39, 0.29) is 38.6 Å². The zero-order valence-corrected chi connectivity index (χ0v) is 49.1. The maximum Gasteiger partial charge on any atom is 0.306 e. The molecule has 0 spiro atoms. The van der Waals surface area contributed by atoms with E-state index in [9.17, 15) is 19.5 Å². The lowest BCUT2D eigenvalue weighted by molar-refractivity contribution is -0.870. The number of esters is 2. The summed E-state index contributed by atoms with van der Waals surface area (Å²) in [6.07, 6.45) is 72.1. The second-order valence-electron chi connectivity index (χ2n) is 21.6. The summed E-state index contributed by atoms with van der Waals surface area (Å²) in [5.41, 5.74) is 0. The van der Waals surface area contributed by atoms with Crippen LogP contribution < -0.4 is 5.11 Å². The molecule has 2 atom stereocenters. The topological polar surface area (TPSA) is 111 Å². The van der Waals surface area contributed by atoms with Crippen molar-refractivity contribution in [1.82, 2.24) is 0 Å². The van der Waals surface area contributed by atoms with E-state index in [0.717, 1.165) is 96.3 Å². The third-order valence-corrected chi connectivity index (χ3v) is 13.2. The van der Waals surface area contributed by atoms with Crippen LogP contribution in [0.4, 0.5) is 0 Å². The first-order valence-electron chi connectivity index (χ1n) is 30.7. The fourth-order valence-electron chi connectivity index (χ4n) is 8.46. The highest BCUT2D eigenvalue weighted by molar-refractivity contribution is 5.70. The van der Waals surface area contributed by atoms with Gasteiger partial charge in [-0.1, -0.05) is 259 Å². The predicted molar refractivity (Wildman–Crippen MR) is 315 cm³/mol. The van der Waals surface area contributed by atoms with Crippen LogP contribution in [0, 0.1) is 0 Å². The smallest absolute Gasteiger partial charge is 0.306 e. The maximum atomic E-state index is 12.9. The molecule has 0 aliphatic heterocycles. The van der Waals surface area contributed by atoms with Crippen LogP contribution in [0.5, 0.6) is 0 Å². The van der Waals surface area contributed by atoms with Crippen molar-refractivity contribution in [3.63, 3.8) is 0 Å². The molecule has 75 heavy (non-hydrogen) atoms. The molecule has 0 heterocycles. The number of hydrogen-bond donors (Lipinski definition) is 0. The zero-order chi connectivity index (χ0) is 54.8. The molecule has 9 nitrogen and oxygen atoms in total. The number of hydrogen-bond acceptors (Lipinski definition) is 8. The van der Waals surface area contributed by atoms with Gasteiger partial charge in [0.1, 0.15) is 13.2 Å². The van der Waals surface area contributed by atoms with Crippen LogP contribution in [0.2, 0.25) is 0 Å². The van der Waals surface area contributed by atoms with E-state index < -0.39 is 24.3 Å². The molecule has 0 radical (unpaired) electrons. The number of carbonyl (C=O) groups is 3. The average molecular weight is 1050 g/mol. The molecule has 0 aliphatic carbocycles. The van der Waals surface area contributed by atoms with E-state index in [1.807, 2.05) is 21.1 Å². The first-order chi connectivity index (χ1) is 36.6. The third kappa shape index (κ3) is 58.0. The zero-order valence-electron chi connectivity index (χ0n) is 49.1. The molecule has 0 N–H and O–H groups in total. The Morgan fingerprint density at radius 1 is 0.413 bits per heavy atom. The van der Waals surface area contributed by atoms with Gasteiger partial charge in [0, 0.05) is 12.8 Å². The molecular formula is C66H115NO8. The van der Waals surface area contributed by atoms with Crippen molar-refractivity contribution in [3.05, 3.63) is 85.1 Å². The largest absolute Gasteiger partial charge is 0.545 e. The fourth-order valence-corrected chi connectivity index (χ4v) is 8.46. The van der Waals surface area contributed by atoms with Gasteiger partial charge in [-0.3, -0.25) is 9.59 Å². The number of ether oxygens (including phenoxy) is 4. The summed E-state index contributed by atoms with van der Waals surface area (Å²) >= 11 is 0. The number of allylic oxidation sites excluding steroid dienone is 14. The van der Waals surface area contributed by atoms with Crippen molar-refractivity contribution < 1.29 is 42.9 Å². The maximum absolute atomic E-state index is 12.9.